The molecule has 0 N–H and O–H groups in total. The molecule has 2 aromatic rings. The predicted molar refractivity (Wildman–Crippen MR) is 66.9 cm³/mol. The highest BCUT2D eigenvalue weighted by molar-refractivity contribution is 6.02. The topological polar surface area (TPSA) is 74.5 Å². The van der Waals surface area contributed by atoms with Crippen LogP contribution in [0.2, 0.25) is 0 Å². The molecule has 0 radical (unpaired) electrons. The average molecular weight is 272 g/mol. The lowest BCUT2D eigenvalue weighted by molar-refractivity contribution is 0.0961. The van der Waals surface area contributed by atoms with Gasteiger partial charge in [0.2, 0.25) is 17.5 Å². The number of benzene rings is 1. The van der Waals surface area contributed by atoms with E-state index in [1.165, 1.54) is 0 Å². The summed E-state index contributed by atoms with van der Waals surface area (Å²) in [6.45, 7) is 0.345. The maximum absolute atomic E-state index is 11.4. The number of ether oxygens (including phenoxy) is 2. The number of rotatable bonds is 4. The molecular formula is C14H12N2O4. The second kappa shape index (κ2) is 4.33. The van der Waals surface area contributed by atoms with Crippen LogP contribution in [0.15, 0.2) is 22.7 Å². The van der Waals surface area contributed by atoms with E-state index in [2.05, 4.69) is 10.1 Å². The summed E-state index contributed by atoms with van der Waals surface area (Å²) in [5, 5.41) is 3.88. The van der Waals surface area contributed by atoms with Crippen LogP contribution in [0.3, 0.4) is 0 Å². The Morgan fingerprint density at radius 1 is 1.35 bits per heavy atom. The normalized spacial score (nSPS) is 16.9. The number of hydrogen-bond acceptors (Lipinski definition) is 6. The van der Waals surface area contributed by atoms with Gasteiger partial charge in [-0.25, -0.2) is 0 Å². The molecule has 1 aromatic carbocycles. The summed E-state index contributed by atoms with van der Waals surface area (Å²) < 4.78 is 16.0. The third-order valence-corrected chi connectivity index (χ3v) is 3.39. The predicted octanol–water partition coefficient (Wildman–Crippen LogP) is 2.10. The number of carbonyl (C=O) groups is 1. The molecule has 6 nitrogen and oxygen atoms in total. The minimum absolute atomic E-state index is 0.00112. The van der Waals surface area contributed by atoms with Crippen molar-refractivity contribution in [1.29, 1.82) is 0 Å². The fourth-order valence-corrected chi connectivity index (χ4v) is 2.13. The van der Waals surface area contributed by atoms with E-state index in [4.69, 9.17) is 14.0 Å². The van der Waals surface area contributed by atoms with Crippen LogP contribution in [0.1, 0.15) is 40.8 Å². The van der Waals surface area contributed by atoms with Crippen molar-refractivity contribution in [2.45, 2.75) is 25.4 Å². The largest absolute Gasteiger partial charge is 0.485 e. The van der Waals surface area contributed by atoms with Gasteiger partial charge in [0.25, 0.3) is 0 Å². The fourth-order valence-electron chi connectivity index (χ4n) is 2.13. The molecule has 0 amide bonds. The van der Waals surface area contributed by atoms with E-state index in [9.17, 15) is 4.79 Å². The highest BCUT2D eigenvalue weighted by atomic mass is 16.5. The highest BCUT2D eigenvalue weighted by Gasteiger charge is 2.29. The number of aromatic nitrogens is 2. The number of Topliss-reactive ketones (excluding diaryl/α,β-unsaturated/α-hetero) is 1. The SMILES string of the molecule is O=C1COc2cc(OCc3noc(C4CC4)n3)ccc21. The van der Waals surface area contributed by atoms with Crippen LogP contribution < -0.4 is 9.47 Å². The molecule has 0 spiro atoms. The molecule has 6 heteroatoms. The summed E-state index contributed by atoms with van der Waals surface area (Å²) in [5.74, 6) is 2.86. The smallest absolute Gasteiger partial charge is 0.229 e. The van der Waals surface area contributed by atoms with Gasteiger partial charge in [-0.05, 0) is 25.0 Å². The molecule has 2 aliphatic rings. The van der Waals surface area contributed by atoms with Gasteiger partial charge < -0.3 is 14.0 Å². The quantitative estimate of drug-likeness (QED) is 0.848. The van der Waals surface area contributed by atoms with Crippen molar-refractivity contribution in [3.63, 3.8) is 0 Å². The first-order valence-corrected chi connectivity index (χ1v) is 6.55. The van der Waals surface area contributed by atoms with Crippen molar-refractivity contribution in [3.8, 4) is 11.5 Å². The minimum atomic E-state index is -0.00112. The Hall–Kier alpha value is -2.37. The van der Waals surface area contributed by atoms with E-state index < -0.39 is 0 Å². The van der Waals surface area contributed by atoms with E-state index in [1.54, 1.807) is 18.2 Å². The van der Waals surface area contributed by atoms with Crippen LogP contribution in [-0.2, 0) is 6.61 Å². The van der Waals surface area contributed by atoms with Crippen LogP contribution in [-0.4, -0.2) is 22.5 Å². The molecule has 1 aliphatic carbocycles. The van der Waals surface area contributed by atoms with Crippen LogP contribution >= 0.6 is 0 Å². The second-order valence-electron chi connectivity index (χ2n) is 4.98. The molecule has 0 saturated heterocycles. The van der Waals surface area contributed by atoms with Crippen LogP contribution in [0.4, 0.5) is 0 Å². The molecule has 102 valence electrons. The van der Waals surface area contributed by atoms with Gasteiger partial charge in [-0.15, -0.1) is 0 Å². The molecule has 1 saturated carbocycles. The van der Waals surface area contributed by atoms with E-state index in [-0.39, 0.29) is 19.0 Å². The van der Waals surface area contributed by atoms with E-state index in [0.717, 1.165) is 12.8 Å². The maximum atomic E-state index is 11.4. The van der Waals surface area contributed by atoms with Gasteiger partial charge in [0.15, 0.2) is 13.2 Å². The first-order valence-electron chi connectivity index (χ1n) is 6.55. The molecule has 0 bridgehead atoms. The molecule has 20 heavy (non-hydrogen) atoms. The van der Waals surface area contributed by atoms with Crippen LogP contribution in [0, 0.1) is 0 Å². The first kappa shape index (κ1) is 11.5. The minimum Gasteiger partial charge on any atom is -0.485 e. The monoisotopic (exact) mass is 272 g/mol. The summed E-state index contributed by atoms with van der Waals surface area (Å²) >= 11 is 0. The van der Waals surface area contributed by atoms with Crippen molar-refractivity contribution in [2.75, 3.05) is 6.61 Å². The third-order valence-electron chi connectivity index (χ3n) is 3.39. The number of fused-ring (bicyclic) bond motifs is 1. The maximum Gasteiger partial charge on any atom is 0.229 e. The fraction of sp³-hybridized carbons (Fsp3) is 0.357. The van der Waals surface area contributed by atoms with E-state index in [0.29, 0.717) is 34.7 Å². The van der Waals surface area contributed by atoms with E-state index >= 15 is 0 Å². The molecule has 1 aliphatic heterocycles. The Balaban J connectivity index is 1.45. The lowest BCUT2D eigenvalue weighted by atomic mass is 10.1. The van der Waals surface area contributed by atoms with Crippen molar-refractivity contribution >= 4 is 5.78 Å². The van der Waals surface area contributed by atoms with Crippen molar-refractivity contribution < 1.29 is 18.8 Å². The zero-order chi connectivity index (χ0) is 13.5. The van der Waals surface area contributed by atoms with Gasteiger partial charge >= 0.3 is 0 Å². The lowest BCUT2D eigenvalue weighted by Gasteiger charge is -2.04. The number of ketones is 1. The number of nitrogens with zero attached hydrogens (tertiary/aromatic N) is 2. The zero-order valence-corrected chi connectivity index (χ0v) is 10.7. The molecule has 0 unspecified atom stereocenters. The van der Waals surface area contributed by atoms with Crippen LogP contribution in [0.5, 0.6) is 11.5 Å². The summed E-state index contributed by atoms with van der Waals surface area (Å²) in [5.41, 5.74) is 0.605. The Bertz CT molecular complexity index is 676. The molecule has 4 rings (SSSR count). The van der Waals surface area contributed by atoms with Gasteiger partial charge in [0, 0.05) is 12.0 Å². The van der Waals surface area contributed by atoms with Gasteiger partial charge in [0.05, 0.1) is 5.56 Å². The van der Waals surface area contributed by atoms with Crippen molar-refractivity contribution in [1.82, 2.24) is 10.1 Å². The summed E-state index contributed by atoms with van der Waals surface area (Å²) in [4.78, 5) is 15.7. The Morgan fingerprint density at radius 3 is 3.10 bits per heavy atom. The first-order chi connectivity index (χ1) is 9.79. The van der Waals surface area contributed by atoms with Crippen molar-refractivity contribution in [2.24, 2.45) is 0 Å². The molecule has 2 heterocycles. The lowest BCUT2D eigenvalue weighted by Crippen LogP contribution is -1.98. The van der Waals surface area contributed by atoms with Gasteiger partial charge in [-0.2, -0.15) is 4.98 Å². The molecular weight excluding hydrogens is 260 g/mol. The molecule has 1 fully saturated rings. The van der Waals surface area contributed by atoms with Crippen molar-refractivity contribution in [3.05, 3.63) is 35.5 Å². The van der Waals surface area contributed by atoms with E-state index in [1.807, 2.05) is 0 Å². The molecule has 1 aromatic heterocycles. The molecule has 0 atom stereocenters. The summed E-state index contributed by atoms with van der Waals surface area (Å²) in [6, 6.07) is 5.17. The number of hydrogen-bond donors (Lipinski definition) is 0. The highest BCUT2D eigenvalue weighted by Crippen LogP contribution is 2.38. The Morgan fingerprint density at radius 2 is 2.25 bits per heavy atom. The van der Waals surface area contributed by atoms with Gasteiger partial charge in [-0.3, -0.25) is 4.79 Å². The third kappa shape index (κ3) is 2.03. The average Bonchev–Trinajstić information content (AvgIpc) is 3.10. The van der Waals surface area contributed by atoms with Gasteiger partial charge in [0.1, 0.15) is 11.5 Å². The Labute approximate surface area is 114 Å². The summed E-state index contributed by atoms with van der Waals surface area (Å²) in [6.07, 6.45) is 2.25. The number of carbonyl (C=O) groups excluding carboxylic acids is 1. The second-order valence-corrected chi connectivity index (χ2v) is 4.98. The van der Waals surface area contributed by atoms with Crippen LogP contribution in [0.25, 0.3) is 0 Å². The zero-order valence-electron chi connectivity index (χ0n) is 10.7. The van der Waals surface area contributed by atoms with Gasteiger partial charge in [-0.1, -0.05) is 5.16 Å². The Kier molecular flexibility index (Phi) is 2.48. The summed E-state index contributed by atoms with van der Waals surface area (Å²) in [7, 11) is 0. The standard InChI is InChI=1S/C14H12N2O4/c17-11-6-19-12-5-9(3-4-10(11)12)18-7-13-15-14(20-16-13)8-1-2-8/h3-5,8H,1-2,6-7H2.